The average Bonchev–Trinajstić information content (AvgIpc) is 3.11. The molecule has 5 heteroatoms. The Hall–Kier alpha value is -3.34. The molecule has 1 amide bonds. The molecular formula is C23H22N2O3. The number of nitrogens with zero attached hydrogens (tertiary/aromatic N) is 1. The maximum atomic E-state index is 11.3. The lowest BCUT2D eigenvalue weighted by molar-refractivity contribution is 0.175. The molecule has 1 aliphatic rings. The van der Waals surface area contributed by atoms with Gasteiger partial charge in [0.25, 0.3) is 0 Å². The number of aromatic nitrogens is 1. The summed E-state index contributed by atoms with van der Waals surface area (Å²) in [4.78, 5) is 15.5. The van der Waals surface area contributed by atoms with E-state index >= 15 is 0 Å². The summed E-state index contributed by atoms with van der Waals surface area (Å²) in [6.45, 7) is 0. The summed E-state index contributed by atoms with van der Waals surface area (Å²) < 4.78 is 6.28. The van der Waals surface area contributed by atoms with Gasteiger partial charge in [-0.15, -0.1) is 0 Å². The van der Waals surface area contributed by atoms with E-state index in [4.69, 9.17) is 4.74 Å². The summed E-state index contributed by atoms with van der Waals surface area (Å²) in [6.07, 6.45) is 4.54. The van der Waals surface area contributed by atoms with Gasteiger partial charge < -0.3 is 15.2 Å². The monoisotopic (exact) mass is 374 g/mol. The van der Waals surface area contributed by atoms with Gasteiger partial charge in [-0.3, -0.25) is 4.98 Å². The zero-order valence-electron chi connectivity index (χ0n) is 15.4. The number of carbonyl (C=O) groups is 1. The number of carboxylic acid groups (broad SMARTS) is 1. The van der Waals surface area contributed by atoms with Crippen LogP contribution in [0.25, 0.3) is 11.1 Å². The predicted octanol–water partition coefficient (Wildman–Crippen LogP) is 4.32. The first-order valence-corrected chi connectivity index (χ1v) is 9.41. The molecule has 0 fully saturated rings. The number of fused-ring (bicyclic) bond motifs is 1. The summed E-state index contributed by atoms with van der Waals surface area (Å²) >= 11 is 0. The molecule has 0 saturated carbocycles. The van der Waals surface area contributed by atoms with Crippen LogP contribution < -0.4 is 10.1 Å². The van der Waals surface area contributed by atoms with Crippen molar-refractivity contribution < 1.29 is 14.6 Å². The number of para-hydroxylation sites is 1. The van der Waals surface area contributed by atoms with Gasteiger partial charge in [0.1, 0.15) is 11.9 Å². The van der Waals surface area contributed by atoms with E-state index in [9.17, 15) is 9.90 Å². The summed E-state index contributed by atoms with van der Waals surface area (Å²) in [5, 5.41) is 11.9. The minimum absolute atomic E-state index is 0.0617. The Morgan fingerprint density at radius 3 is 2.75 bits per heavy atom. The number of amides is 1. The zero-order chi connectivity index (χ0) is 19.3. The van der Waals surface area contributed by atoms with Crippen LogP contribution >= 0.6 is 0 Å². The van der Waals surface area contributed by atoms with E-state index in [1.807, 2.05) is 60.8 Å². The molecule has 4 rings (SSSR count). The number of rotatable bonds is 6. The van der Waals surface area contributed by atoms with Crippen molar-refractivity contribution in [1.82, 2.24) is 10.3 Å². The highest BCUT2D eigenvalue weighted by atomic mass is 16.5. The van der Waals surface area contributed by atoms with E-state index in [1.54, 1.807) is 6.20 Å². The summed E-state index contributed by atoms with van der Waals surface area (Å²) in [6, 6.07) is 19.8. The maximum Gasteiger partial charge on any atom is 0.404 e. The topological polar surface area (TPSA) is 71.5 Å². The Balaban J connectivity index is 1.51. The van der Waals surface area contributed by atoms with Gasteiger partial charge in [0, 0.05) is 42.4 Å². The molecule has 5 nitrogen and oxygen atoms in total. The van der Waals surface area contributed by atoms with Crippen molar-refractivity contribution in [2.24, 2.45) is 0 Å². The SMILES string of the molecule is O=C(O)NC(Cc1ccccc1)CC1Cc2cccc(-c3cccnc3)c2O1. The second kappa shape index (κ2) is 8.13. The highest BCUT2D eigenvalue weighted by molar-refractivity contribution is 5.72. The average molecular weight is 374 g/mol. The van der Waals surface area contributed by atoms with Gasteiger partial charge in [-0.2, -0.15) is 0 Å². The van der Waals surface area contributed by atoms with Crippen molar-refractivity contribution in [2.75, 3.05) is 0 Å². The van der Waals surface area contributed by atoms with E-state index in [0.29, 0.717) is 12.8 Å². The van der Waals surface area contributed by atoms with E-state index in [0.717, 1.165) is 34.4 Å². The van der Waals surface area contributed by atoms with Crippen LogP contribution in [0, 0.1) is 0 Å². The van der Waals surface area contributed by atoms with Crippen LogP contribution in [0.15, 0.2) is 73.1 Å². The number of nitrogens with one attached hydrogen (secondary N) is 1. The molecular weight excluding hydrogens is 352 g/mol. The van der Waals surface area contributed by atoms with E-state index in [1.165, 1.54) is 0 Å². The molecule has 0 aliphatic carbocycles. The minimum Gasteiger partial charge on any atom is -0.489 e. The number of pyridine rings is 1. The summed E-state index contributed by atoms with van der Waals surface area (Å²) in [5.74, 6) is 0.884. The Kier molecular flexibility index (Phi) is 5.24. The summed E-state index contributed by atoms with van der Waals surface area (Å²) in [5.41, 5.74) is 4.30. The molecule has 1 aliphatic heterocycles. The second-order valence-electron chi connectivity index (χ2n) is 7.05. The van der Waals surface area contributed by atoms with Crippen molar-refractivity contribution in [3.63, 3.8) is 0 Å². The molecule has 2 unspecified atom stereocenters. The molecule has 2 aromatic carbocycles. The molecule has 1 aromatic heterocycles. The molecule has 142 valence electrons. The number of hydrogen-bond acceptors (Lipinski definition) is 3. The van der Waals surface area contributed by atoms with Crippen LogP contribution in [-0.4, -0.2) is 28.3 Å². The van der Waals surface area contributed by atoms with E-state index in [-0.39, 0.29) is 12.1 Å². The highest BCUT2D eigenvalue weighted by Crippen LogP contribution is 2.39. The molecule has 0 spiro atoms. The van der Waals surface area contributed by atoms with Gasteiger partial charge in [-0.25, -0.2) is 4.79 Å². The first-order valence-electron chi connectivity index (χ1n) is 9.41. The standard InChI is InChI=1S/C23H22N2O3/c26-23(27)25-19(12-16-6-2-1-3-7-16)14-20-13-17-8-4-10-21(22(17)28-20)18-9-5-11-24-15-18/h1-11,15,19-20,25H,12-14H2,(H,26,27). The number of benzene rings is 2. The Bertz CT molecular complexity index is 945. The van der Waals surface area contributed by atoms with E-state index in [2.05, 4.69) is 16.4 Å². The lowest BCUT2D eigenvalue weighted by atomic mass is 9.97. The van der Waals surface area contributed by atoms with E-state index < -0.39 is 6.09 Å². The predicted molar refractivity (Wildman–Crippen MR) is 108 cm³/mol. The fraction of sp³-hybridized carbons (Fsp3) is 0.217. The lowest BCUT2D eigenvalue weighted by Gasteiger charge is -2.21. The number of hydrogen-bond donors (Lipinski definition) is 2. The smallest absolute Gasteiger partial charge is 0.404 e. The van der Waals surface area contributed by atoms with Crippen LogP contribution in [0.3, 0.4) is 0 Å². The van der Waals surface area contributed by atoms with Crippen molar-refractivity contribution >= 4 is 6.09 Å². The fourth-order valence-corrected chi connectivity index (χ4v) is 3.80. The minimum atomic E-state index is -1.01. The normalized spacial score (nSPS) is 16.1. The molecule has 0 bridgehead atoms. The maximum absolute atomic E-state index is 11.3. The van der Waals surface area contributed by atoms with Crippen LogP contribution in [0.5, 0.6) is 5.75 Å². The highest BCUT2D eigenvalue weighted by Gasteiger charge is 2.28. The zero-order valence-corrected chi connectivity index (χ0v) is 15.4. The summed E-state index contributed by atoms with van der Waals surface area (Å²) in [7, 11) is 0. The fourth-order valence-electron chi connectivity index (χ4n) is 3.80. The van der Waals surface area contributed by atoms with Crippen LogP contribution in [0.4, 0.5) is 4.79 Å². The first kappa shape index (κ1) is 18.0. The molecule has 0 radical (unpaired) electrons. The molecule has 28 heavy (non-hydrogen) atoms. The van der Waals surface area contributed by atoms with Gasteiger partial charge >= 0.3 is 6.09 Å². The molecule has 2 N–H and O–H groups in total. The second-order valence-corrected chi connectivity index (χ2v) is 7.05. The quantitative estimate of drug-likeness (QED) is 0.674. The lowest BCUT2D eigenvalue weighted by Crippen LogP contribution is -2.39. The third kappa shape index (κ3) is 4.14. The third-order valence-corrected chi connectivity index (χ3v) is 5.00. The number of ether oxygens (including phenoxy) is 1. The van der Waals surface area contributed by atoms with Crippen molar-refractivity contribution in [3.05, 3.63) is 84.2 Å². The molecule has 2 heterocycles. The third-order valence-electron chi connectivity index (χ3n) is 5.00. The van der Waals surface area contributed by atoms with Crippen LogP contribution in [0.1, 0.15) is 17.5 Å². The molecule has 3 aromatic rings. The largest absolute Gasteiger partial charge is 0.489 e. The first-order chi connectivity index (χ1) is 13.7. The van der Waals surface area contributed by atoms with Gasteiger partial charge in [0.05, 0.1) is 0 Å². The van der Waals surface area contributed by atoms with Gasteiger partial charge in [-0.05, 0) is 23.6 Å². The van der Waals surface area contributed by atoms with Crippen molar-refractivity contribution in [3.8, 4) is 16.9 Å². The molecule has 2 atom stereocenters. The van der Waals surface area contributed by atoms with Crippen LogP contribution in [-0.2, 0) is 12.8 Å². The van der Waals surface area contributed by atoms with Crippen molar-refractivity contribution in [2.45, 2.75) is 31.4 Å². The van der Waals surface area contributed by atoms with Crippen LogP contribution in [0.2, 0.25) is 0 Å². The van der Waals surface area contributed by atoms with Gasteiger partial charge in [-0.1, -0.05) is 54.6 Å². The Morgan fingerprint density at radius 2 is 2.00 bits per heavy atom. The molecule has 0 saturated heterocycles. The van der Waals surface area contributed by atoms with Gasteiger partial charge in [0.15, 0.2) is 0 Å². The Labute approximate surface area is 164 Å². The Morgan fingerprint density at radius 1 is 1.14 bits per heavy atom. The van der Waals surface area contributed by atoms with Gasteiger partial charge in [0.2, 0.25) is 0 Å². The van der Waals surface area contributed by atoms with Crippen molar-refractivity contribution in [1.29, 1.82) is 0 Å².